The quantitative estimate of drug-likeness (QED) is 0.897. The van der Waals surface area contributed by atoms with Gasteiger partial charge in [0.15, 0.2) is 0 Å². The number of benzene rings is 2. The molecule has 0 saturated heterocycles. The van der Waals surface area contributed by atoms with E-state index in [0.29, 0.717) is 5.56 Å². The second-order valence-electron chi connectivity index (χ2n) is 4.07. The average molecular weight is 242 g/mol. The zero-order valence-corrected chi connectivity index (χ0v) is 10.3. The van der Waals surface area contributed by atoms with Gasteiger partial charge >= 0.3 is 5.97 Å². The Kier molecular flexibility index (Phi) is 3.33. The zero-order chi connectivity index (χ0) is 13.1. The van der Waals surface area contributed by atoms with Crippen LogP contribution in [0.3, 0.4) is 0 Å². The molecule has 0 unspecified atom stereocenters. The lowest BCUT2D eigenvalue weighted by Gasteiger charge is -2.08. The van der Waals surface area contributed by atoms with Crippen LogP contribution in [-0.2, 0) is 0 Å². The zero-order valence-electron chi connectivity index (χ0n) is 10.3. The summed E-state index contributed by atoms with van der Waals surface area (Å²) >= 11 is 0. The summed E-state index contributed by atoms with van der Waals surface area (Å²) in [5.74, 6) is -0.0878. The first-order valence-corrected chi connectivity index (χ1v) is 5.60. The lowest BCUT2D eigenvalue weighted by atomic mass is 10.0. The van der Waals surface area contributed by atoms with Crippen LogP contribution in [0.1, 0.15) is 15.9 Å². The monoisotopic (exact) mass is 242 g/mol. The summed E-state index contributed by atoms with van der Waals surface area (Å²) in [6, 6.07) is 12.7. The molecule has 3 nitrogen and oxygen atoms in total. The first-order chi connectivity index (χ1) is 8.61. The number of carboxylic acid groups (broad SMARTS) is 1. The summed E-state index contributed by atoms with van der Waals surface area (Å²) in [6.45, 7) is 1.96. The van der Waals surface area contributed by atoms with Crippen molar-refractivity contribution in [3.05, 3.63) is 53.6 Å². The number of hydrogen-bond donors (Lipinski definition) is 1. The van der Waals surface area contributed by atoms with E-state index >= 15 is 0 Å². The second kappa shape index (κ2) is 4.92. The molecule has 2 rings (SSSR count). The summed E-state index contributed by atoms with van der Waals surface area (Å²) in [4.78, 5) is 10.9. The molecule has 0 fully saturated rings. The molecule has 0 atom stereocenters. The van der Waals surface area contributed by atoms with Gasteiger partial charge in [0, 0.05) is 0 Å². The van der Waals surface area contributed by atoms with Crippen molar-refractivity contribution in [2.24, 2.45) is 0 Å². The Morgan fingerprint density at radius 1 is 1.11 bits per heavy atom. The van der Waals surface area contributed by atoms with E-state index in [9.17, 15) is 4.79 Å². The molecular formula is C15H14O3. The third-order valence-corrected chi connectivity index (χ3v) is 2.84. The number of aromatic carboxylic acids is 1. The molecule has 0 aliphatic carbocycles. The highest BCUT2D eigenvalue weighted by Gasteiger charge is 2.06. The molecule has 2 aromatic carbocycles. The molecule has 0 aliphatic heterocycles. The van der Waals surface area contributed by atoms with Gasteiger partial charge in [-0.2, -0.15) is 0 Å². The molecule has 92 valence electrons. The second-order valence-corrected chi connectivity index (χ2v) is 4.07. The smallest absolute Gasteiger partial charge is 0.335 e. The topological polar surface area (TPSA) is 46.5 Å². The van der Waals surface area contributed by atoms with Crippen LogP contribution in [0, 0.1) is 6.92 Å². The van der Waals surface area contributed by atoms with Gasteiger partial charge in [-0.3, -0.25) is 0 Å². The van der Waals surface area contributed by atoms with E-state index in [2.05, 4.69) is 0 Å². The number of hydrogen-bond acceptors (Lipinski definition) is 2. The molecule has 1 N–H and O–H groups in total. The Labute approximate surface area is 106 Å². The first kappa shape index (κ1) is 12.2. The minimum absolute atomic E-state index is 0.293. The predicted molar refractivity (Wildman–Crippen MR) is 70.1 cm³/mol. The molecule has 18 heavy (non-hydrogen) atoms. The van der Waals surface area contributed by atoms with E-state index in [0.717, 1.165) is 22.4 Å². The highest BCUT2D eigenvalue weighted by molar-refractivity contribution is 5.89. The summed E-state index contributed by atoms with van der Waals surface area (Å²) in [7, 11) is 1.63. The van der Waals surface area contributed by atoms with E-state index in [1.807, 2.05) is 31.2 Å². The van der Waals surface area contributed by atoms with Crippen molar-refractivity contribution in [1.82, 2.24) is 0 Å². The standard InChI is InChI=1S/C15H14O3/c1-10-8-12(6-7-14(10)18-2)11-4-3-5-13(9-11)15(16)17/h3-9H,1-2H3,(H,16,17). The van der Waals surface area contributed by atoms with E-state index < -0.39 is 5.97 Å². The highest BCUT2D eigenvalue weighted by Crippen LogP contribution is 2.26. The van der Waals surface area contributed by atoms with Crippen molar-refractivity contribution in [3.8, 4) is 16.9 Å². The normalized spacial score (nSPS) is 10.1. The Balaban J connectivity index is 2.45. The number of aryl methyl sites for hydroxylation is 1. The number of methoxy groups -OCH3 is 1. The van der Waals surface area contributed by atoms with Crippen LogP contribution in [-0.4, -0.2) is 18.2 Å². The molecule has 2 aromatic rings. The molecule has 3 heteroatoms. The molecule has 0 amide bonds. The van der Waals surface area contributed by atoms with Crippen LogP contribution in [0.25, 0.3) is 11.1 Å². The summed E-state index contributed by atoms with van der Waals surface area (Å²) in [6.07, 6.45) is 0. The van der Waals surface area contributed by atoms with Gasteiger partial charge in [-0.1, -0.05) is 18.2 Å². The van der Waals surface area contributed by atoms with E-state index in [-0.39, 0.29) is 0 Å². The summed E-state index contributed by atoms with van der Waals surface area (Å²) in [5, 5.41) is 8.97. The lowest BCUT2D eigenvalue weighted by molar-refractivity contribution is 0.0697. The minimum atomic E-state index is -0.915. The average Bonchev–Trinajstić information content (AvgIpc) is 2.38. The molecule has 0 radical (unpaired) electrons. The van der Waals surface area contributed by atoms with Gasteiger partial charge in [-0.05, 0) is 47.9 Å². The minimum Gasteiger partial charge on any atom is -0.496 e. The van der Waals surface area contributed by atoms with Gasteiger partial charge in [0.25, 0.3) is 0 Å². The Hall–Kier alpha value is -2.29. The maximum Gasteiger partial charge on any atom is 0.335 e. The molecule has 0 aromatic heterocycles. The molecule has 0 saturated carbocycles. The van der Waals surface area contributed by atoms with Gasteiger partial charge in [-0.15, -0.1) is 0 Å². The van der Waals surface area contributed by atoms with Gasteiger partial charge in [0.05, 0.1) is 12.7 Å². The number of ether oxygens (including phenoxy) is 1. The van der Waals surface area contributed by atoms with Crippen molar-refractivity contribution in [1.29, 1.82) is 0 Å². The van der Waals surface area contributed by atoms with Gasteiger partial charge in [-0.25, -0.2) is 4.79 Å². The largest absolute Gasteiger partial charge is 0.496 e. The van der Waals surface area contributed by atoms with Crippen LogP contribution in [0.5, 0.6) is 5.75 Å². The van der Waals surface area contributed by atoms with Crippen molar-refractivity contribution in [3.63, 3.8) is 0 Å². The van der Waals surface area contributed by atoms with Crippen LogP contribution in [0.4, 0.5) is 0 Å². The molecule has 0 bridgehead atoms. The summed E-state index contributed by atoms with van der Waals surface area (Å²) < 4.78 is 5.20. The van der Waals surface area contributed by atoms with Crippen molar-refractivity contribution < 1.29 is 14.6 Å². The maximum atomic E-state index is 10.9. The molecule has 0 heterocycles. The summed E-state index contributed by atoms with van der Waals surface area (Å²) in [5.41, 5.74) is 3.19. The molecule has 0 aliphatic rings. The predicted octanol–water partition coefficient (Wildman–Crippen LogP) is 3.37. The number of rotatable bonds is 3. The Morgan fingerprint density at radius 2 is 1.83 bits per heavy atom. The number of carbonyl (C=O) groups is 1. The number of carboxylic acids is 1. The highest BCUT2D eigenvalue weighted by atomic mass is 16.5. The fourth-order valence-corrected chi connectivity index (χ4v) is 1.89. The fourth-order valence-electron chi connectivity index (χ4n) is 1.89. The van der Waals surface area contributed by atoms with E-state index in [4.69, 9.17) is 9.84 Å². The maximum absolute atomic E-state index is 10.9. The SMILES string of the molecule is COc1ccc(-c2cccc(C(=O)O)c2)cc1C. The Bertz CT molecular complexity index is 588. The third-order valence-electron chi connectivity index (χ3n) is 2.84. The van der Waals surface area contributed by atoms with Crippen LogP contribution >= 0.6 is 0 Å². The van der Waals surface area contributed by atoms with Crippen molar-refractivity contribution in [2.75, 3.05) is 7.11 Å². The fraction of sp³-hybridized carbons (Fsp3) is 0.133. The first-order valence-electron chi connectivity index (χ1n) is 5.60. The van der Waals surface area contributed by atoms with Crippen LogP contribution in [0.15, 0.2) is 42.5 Å². The van der Waals surface area contributed by atoms with E-state index in [1.165, 1.54) is 0 Å². The lowest BCUT2D eigenvalue weighted by Crippen LogP contribution is -1.95. The van der Waals surface area contributed by atoms with E-state index in [1.54, 1.807) is 25.3 Å². The molecule has 0 spiro atoms. The Morgan fingerprint density at radius 3 is 2.44 bits per heavy atom. The van der Waals surface area contributed by atoms with Crippen molar-refractivity contribution in [2.45, 2.75) is 6.92 Å². The molecular weight excluding hydrogens is 228 g/mol. The van der Waals surface area contributed by atoms with Gasteiger partial charge in [0.2, 0.25) is 0 Å². The van der Waals surface area contributed by atoms with Crippen LogP contribution < -0.4 is 4.74 Å². The van der Waals surface area contributed by atoms with Gasteiger partial charge in [0.1, 0.15) is 5.75 Å². The van der Waals surface area contributed by atoms with Crippen LogP contribution in [0.2, 0.25) is 0 Å². The van der Waals surface area contributed by atoms with Crippen molar-refractivity contribution >= 4 is 5.97 Å². The van der Waals surface area contributed by atoms with Gasteiger partial charge < -0.3 is 9.84 Å². The third kappa shape index (κ3) is 2.35.